The summed E-state index contributed by atoms with van der Waals surface area (Å²) in [7, 11) is 0. The monoisotopic (exact) mass is 754 g/mol. The van der Waals surface area contributed by atoms with Crippen molar-refractivity contribution in [3.05, 3.63) is 96.3 Å². The molecule has 290 valence electrons. The topological polar surface area (TPSA) is 145 Å². The fraction of sp³-hybridized carbons (Fsp3) is 0.385. The minimum Gasteiger partial charge on any atom is -0.475 e. The van der Waals surface area contributed by atoms with Crippen LogP contribution in [-0.2, 0) is 27.2 Å². The van der Waals surface area contributed by atoms with Crippen LogP contribution in [0.5, 0.6) is 34.8 Å². The smallest absolute Gasteiger partial charge is 0.475 e. The predicted octanol–water partition coefficient (Wildman–Crippen LogP) is 8.72. The van der Waals surface area contributed by atoms with Gasteiger partial charge in [0.1, 0.15) is 23.0 Å². The first-order chi connectivity index (χ1) is 25.5. The van der Waals surface area contributed by atoms with Crippen molar-refractivity contribution in [2.75, 3.05) is 0 Å². The molecule has 0 saturated carbocycles. The molecular weight excluding hydrogens is 709 g/mol. The Hall–Kier alpha value is -5.57. The van der Waals surface area contributed by atoms with E-state index in [0.29, 0.717) is 47.6 Å². The number of nitrogens with zero attached hydrogens (tertiary/aromatic N) is 3. The second-order valence-corrected chi connectivity index (χ2v) is 13.3. The molecular formula is C39H45F3N4O8. The van der Waals surface area contributed by atoms with Gasteiger partial charge >= 0.3 is 18.2 Å². The summed E-state index contributed by atoms with van der Waals surface area (Å²) in [6.45, 7) is 10.4. The zero-order chi connectivity index (χ0) is 39.5. The summed E-state index contributed by atoms with van der Waals surface area (Å²) < 4.78 is 67.7. The van der Waals surface area contributed by atoms with Gasteiger partial charge in [-0.25, -0.2) is 19.6 Å². The molecule has 0 aliphatic carbocycles. The van der Waals surface area contributed by atoms with Crippen molar-refractivity contribution < 1.29 is 51.3 Å². The Morgan fingerprint density at radius 1 is 0.704 bits per heavy atom. The number of ether oxygens (including phenoxy) is 5. The van der Waals surface area contributed by atoms with Gasteiger partial charge in [-0.1, -0.05) is 24.3 Å². The lowest BCUT2D eigenvalue weighted by atomic mass is 10.0. The number of aryl methyl sites for hydroxylation is 2. The largest absolute Gasteiger partial charge is 0.493 e. The molecule has 0 fully saturated rings. The van der Waals surface area contributed by atoms with Gasteiger partial charge in [-0.15, -0.1) is 5.06 Å². The van der Waals surface area contributed by atoms with E-state index in [1.807, 2.05) is 27.7 Å². The van der Waals surface area contributed by atoms with E-state index in [1.54, 1.807) is 79.0 Å². The molecule has 4 rings (SSSR count). The van der Waals surface area contributed by atoms with Gasteiger partial charge in [0.2, 0.25) is 11.8 Å². The second-order valence-electron chi connectivity index (χ2n) is 13.3. The van der Waals surface area contributed by atoms with E-state index in [-0.39, 0.29) is 30.1 Å². The molecule has 2 aromatic carbocycles. The minimum absolute atomic E-state index is 0.00761. The Labute approximate surface area is 312 Å². The van der Waals surface area contributed by atoms with Gasteiger partial charge in [-0.2, -0.15) is 13.2 Å². The number of halogens is 3. The molecule has 15 heteroatoms. The molecule has 2 N–H and O–H groups in total. The molecule has 2 unspecified atom stereocenters. The van der Waals surface area contributed by atoms with E-state index in [0.717, 1.165) is 11.1 Å². The lowest BCUT2D eigenvalue weighted by molar-refractivity contribution is -0.238. The number of aromatic nitrogens is 2. The zero-order valence-corrected chi connectivity index (χ0v) is 31.0. The number of carbonyl (C=O) groups excluding carboxylic acids is 2. The van der Waals surface area contributed by atoms with E-state index >= 15 is 0 Å². The third kappa shape index (κ3) is 13.4. The third-order valence-corrected chi connectivity index (χ3v) is 7.52. The molecule has 0 spiro atoms. The molecule has 2 aromatic heterocycles. The maximum absolute atomic E-state index is 13.2. The van der Waals surface area contributed by atoms with Crippen molar-refractivity contribution >= 4 is 12.1 Å². The van der Waals surface area contributed by atoms with Gasteiger partial charge < -0.3 is 28.5 Å². The summed E-state index contributed by atoms with van der Waals surface area (Å²) in [6, 6.07) is 19.9. The summed E-state index contributed by atoms with van der Waals surface area (Å²) in [5.41, 5.74) is 6.24. The van der Waals surface area contributed by atoms with Crippen LogP contribution in [0.25, 0.3) is 0 Å². The van der Waals surface area contributed by atoms with Crippen LogP contribution in [0, 0.1) is 0 Å². The molecule has 0 saturated heterocycles. The second kappa shape index (κ2) is 18.5. The van der Waals surface area contributed by atoms with Gasteiger partial charge in [-0.05, 0) is 108 Å². The highest BCUT2D eigenvalue weighted by Crippen LogP contribution is 2.27. The molecule has 1 amide bonds. The number of hydroxylamine groups is 2. The standard InChI is InChI=1S/C39H45F3N4O8/c1-25(2)49-34-19-17-32(23-44-34)51-30-13-9-28(10-14-30)8-7-27(5)46(54-36(47)39(40,41)42)37(48)53-38(6,43)22-21-29-11-15-31(16-12-29)52-33-18-20-35(45-24-33)50-26(3)4/h9-20,23-27H,7-8,21-22,43H2,1-6H3. The highest BCUT2D eigenvalue weighted by atomic mass is 19.4. The highest BCUT2D eigenvalue weighted by Gasteiger charge is 2.45. The Morgan fingerprint density at radius 3 is 1.56 bits per heavy atom. The normalized spacial score (nSPS) is 13.1. The minimum atomic E-state index is -5.35. The average molecular weight is 755 g/mol. The fourth-order valence-electron chi connectivity index (χ4n) is 4.83. The van der Waals surface area contributed by atoms with E-state index < -0.39 is 30.0 Å². The van der Waals surface area contributed by atoms with Crippen molar-refractivity contribution in [2.24, 2.45) is 5.73 Å². The van der Waals surface area contributed by atoms with Crippen molar-refractivity contribution in [3.63, 3.8) is 0 Å². The van der Waals surface area contributed by atoms with Crippen LogP contribution in [0.4, 0.5) is 18.0 Å². The van der Waals surface area contributed by atoms with Crippen LogP contribution < -0.4 is 24.7 Å². The van der Waals surface area contributed by atoms with Crippen LogP contribution in [0.1, 0.15) is 65.5 Å². The first kappa shape index (κ1) is 41.2. The molecule has 2 atom stereocenters. The van der Waals surface area contributed by atoms with Crippen molar-refractivity contribution in [1.29, 1.82) is 0 Å². The SMILES string of the molecule is CC(C)Oc1ccc(Oc2ccc(CCC(C)N(OC(=O)C(F)(F)F)C(=O)OC(C)(N)CCc3ccc(Oc4ccc(OC(C)C)nc4)cc3)cc2)cn1. The summed E-state index contributed by atoms with van der Waals surface area (Å²) in [5.74, 6) is 0.478. The number of pyridine rings is 2. The van der Waals surface area contributed by atoms with Gasteiger partial charge in [0.15, 0.2) is 5.72 Å². The number of alkyl halides is 3. The molecule has 12 nitrogen and oxygen atoms in total. The van der Waals surface area contributed by atoms with E-state index in [2.05, 4.69) is 14.8 Å². The molecule has 0 bridgehead atoms. The fourth-order valence-corrected chi connectivity index (χ4v) is 4.83. The molecule has 0 aliphatic heterocycles. The lowest BCUT2D eigenvalue weighted by Crippen LogP contribution is -2.50. The lowest BCUT2D eigenvalue weighted by Gasteiger charge is -2.31. The van der Waals surface area contributed by atoms with Crippen LogP contribution in [0.3, 0.4) is 0 Å². The first-order valence-electron chi connectivity index (χ1n) is 17.3. The number of amides is 1. The highest BCUT2D eigenvalue weighted by molar-refractivity contribution is 5.78. The summed E-state index contributed by atoms with van der Waals surface area (Å²) >= 11 is 0. The Morgan fingerprint density at radius 2 is 1.15 bits per heavy atom. The Kier molecular flexibility index (Phi) is 14.1. The first-order valence-corrected chi connectivity index (χ1v) is 17.3. The molecule has 0 radical (unpaired) electrons. The van der Waals surface area contributed by atoms with Crippen molar-refractivity contribution in [3.8, 4) is 34.8 Å². The molecule has 4 aromatic rings. The van der Waals surface area contributed by atoms with Crippen LogP contribution in [0.2, 0.25) is 0 Å². The summed E-state index contributed by atoms with van der Waals surface area (Å²) in [4.78, 5) is 37.9. The molecule has 2 heterocycles. The van der Waals surface area contributed by atoms with Crippen LogP contribution in [-0.4, -0.2) is 57.2 Å². The van der Waals surface area contributed by atoms with Crippen molar-refractivity contribution in [1.82, 2.24) is 15.0 Å². The predicted molar refractivity (Wildman–Crippen MR) is 192 cm³/mol. The Bertz CT molecular complexity index is 1790. The van der Waals surface area contributed by atoms with E-state index in [1.165, 1.54) is 20.0 Å². The van der Waals surface area contributed by atoms with E-state index in [9.17, 15) is 22.8 Å². The van der Waals surface area contributed by atoms with Gasteiger partial charge in [-0.3, -0.25) is 5.73 Å². The summed E-state index contributed by atoms with van der Waals surface area (Å²) in [6.07, 6.45) is -2.77. The van der Waals surface area contributed by atoms with Crippen LogP contribution in [0.15, 0.2) is 85.2 Å². The molecule has 0 aliphatic rings. The summed E-state index contributed by atoms with van der Waals surface area (Å²) in [5, 5.41) is 0.278. The Balaban J connectivity index is 1.31. The third-order valence-electron chi connectivity index (χ3n) is 7.52. The number of carbonyl (C=O) groups is 2. The maximum Gasteiger partial charge on any atom is 0.493 e. The molecule has 54 heavy (non-hydrogen) atoms. The van der Waals surface area contributed by atoms with Gasteiger partial charge in [0.05, 0.1) is 30.6 Å². The quantitative estimate of drug-likeness (QED) is 0.0866. The van der Waals surface area contributed by atoms with Gasteiger partial charge in [0.25, 0.3) is 0 Å². The zero-order valence-electron chi connectivity index (χ0n) is 31.0. The maximum atomic E-state index is 13.2. The number of rotatable bonds is 16. The van der Waals surface area contributed by atoms with Gasteiger partial charge in [0, 0.05) is 18.6 Å². The van der Waals surface area contributed by atoms with Crippen molar-refractivity contribution in [2.45, 2.75) is 97.4 Å². The number of hydrogen-bond acceptors (Lipinski definition) is 11. The van der Waals surface area contributed by atoms with Crippen LogP contribution >= 0.6 is 0 Å². The van der Waals surface area contributed by atoms with E-state index in [4.69, 9.17) is 29.4 Å². The number of hydrogen-bond donors (Lipinski definition) is 1. The number of benzene rings is 2. The average Bonchev–Trinajstić information content (AvgIpc) is 3.10. The number of nitrogens with two attached hydrogens (primary N) is 1.